The molecule has 1 aromatic carbocycles. The number of esters is 1. The van der Waals surface area contributed by atoms with Crippen molar-refractivity contribution in [1.82, 2.24) is 9.13 Å². The first-order valence-electron chi connectivity index (χ1n) is 12.2. The second-order valence-corrected chi connectivity index (χ2v) is 9.15. The van der Waals surface area contributed by atoms with Crippen LogP contribution in [-0.4, -0.2) is 27.8 Å². The molecule has 0 atom stereocenters. The lowest BCUT2D eigenvalue weighted by Gasteiger charge is -2.25. The molecule has 0 unspecified atom stereocenters. The van der Waals surface area contributed by atoms with Gasteiger partial charge in [-0.3, -0.25) is 18.7 Å². The Balaban J connectivity index is 1.87. The molecule has 1 aliphatic carbocycles. The highest BCUT2D eigenvalue weighted by Gasteiger charge is 2.20. The van der Waals surface area contributed by atoms with Gasteiger partial charge in [0.25, 0.3) is 5.56 Å². The third-order valence-electron chi connectivity index (χ3n) is 6.31. The molecule has 1 aliphatic rings. The summed E-state index contributed by atoms with van der Waals surface area (Å²) in [4.78, 5) is 37.8. The minimum Gasteiger partial charge on any atom is -0.466 e. The predicted molar refractivity (Wildman–Crippen MR) is 128 cm³/mol. The zero-order valence-corrected chi connectivity index (χ0v) is 20.0. The van der Waals surface area contributed by atoms with E-state index in [0.717, 1.165) is 25.7 Å². The zero-order chi connectivity index (χ0) is 24.0. The Morgan fingerprint density at radius 2 is 1.88 bits per heavy atom. The van der Waals surface area contributed by atoms with Crippen LogP contribution in [0.3, 0.4) is 0 Å². The van der Waals surface area contributed by atoms with Crippen LogP contribution in [0.1, 0.15) is 84.6 Å². The smallest absolute Gasteiger partial charge is 0.331 e. The second-order valence-electron chi connectivity index (χ2n) is 9.15. The van der Waals surface area contributed by atoms with E-state index in [1.54, 1.807) is 17.6 Å². The number of hydrogen-bond acceptors (Lipinski definition) is 5. The number of benzene rings is 1. The van der Waals surface area contributed by atoms with Crippen molar-refractivity contribution >= 4 is 22.6 Å². The molecule has 1 fully saturated rings. The van der Waals surface area contributed by atoms with Crippen molar-refractivity contribution in [2.24, 2.45) is 0 Å². The Kier molecular flexibility index (Phi) is 8.69. The van der Waals surface area contributed by atoms with Gasteiger partial charge in [-0.1, -0.05) is 25.7 Å². The molecule has 0 spiro atoms. The van der Waals surface area contributed by atoms with Crippen LogP contribution < -0.4 is 16.6 Å². The number of nitrogens with one attached hydrogen (secondary N) is 1. The maximum Gasteiger partial charge on any atom is 0.331 e. The van der Waals surface area contributed by atoms with Gasteiger partial charge in [0, 0.05) is 25.0 Å². The van der Waals surface area contributed by atoms with Gasteiger partial charge in [0.15, 0.2) is 0 Å². The van der Waals surface area contributed by atoms with Crippen molar-refractivity contribution in [1.29, 1.82) is 0 Å². The summed E-state index contributed by atoms with van der Waals surface area (Å²) < 4.78 is 22.6. The van der Waals surface area contributed by atoms with E-state index < -0.39 is 11.4 Å². The largest absolute Gasteiger partial charge is 0.466 e. The highest BCUT2D eigenvalue weighted by atomic mass is 19.1. The number of aromatic nitrogens is 2. The molecular formula is C25H36FN3O4. The first-order valence-corrected chi connectivity index (χ1v) is 12.2. The molecule has 8 heteroatoms. The van der Waals surface area contributed by atoms with Crippen molar-refractivity contribution in [2.75, 3.05) is 11.9 Å². The molecule has 1 saturated carbocycles. The van der Waals surface area contributed by atoms with Crippen molar-refractivity contribution in [2.45, 2.75) is 97.2 Å². The SMILES string of the molecule is CCOC(=O)CCCCCn1c(=O)c2cc(F)c(NC3CCCCC3)cc2n(C(C)C)c1=O. The summed E-state index contributed by atoms with van der Waals surface area (Å²) in [6.45, 7) is 6.11. The monoisotopic (exact) mass is 461 g/mol. The molecule has 1 heterocycles. The minimum absolute atomic E-state index is 0.191. The lowest BCUT2D eigenvalue weighted by molar-refractivity contribution is -0.143. The molecule has 33 heavy (non-hydrogen) atoms. The van der Waals surface area contributed by atoms with Gasteiger partial charge in [-0.2, -0.15) is 0 Å². The van der Waals surface area contributed by atoms with Crippen LogP contribution >= 0.6 is 0 Å². The Labute approximate surface area is 193 Å². The lowest BCUT2D eigenvalue weighted by Crippen LogP contribution is -2.41. The van der Waals surface area contributed by atoms with E-state index in [9.17, 15) is 18.8 Å². The number of ether oxygens (including phenoxy) is 1. The van der Waals surface area contributed by atoms with Crippen molar-refractivity contribution in [3.63, 3.8) is 0 Å². The Morgan fingerprint density at radius 1 is 1.15 bits per heavy atom. The second kappa shape index (κ2) is 11.5. The van der Waals surface area contributed by atoms with Crippen molar-refractivity contribution < 1.29 is 13.9 Å². The molecule has 1 aromatic heterocycles. The number of halogens is 1. The van der Waals surface area contributed by atoms with Gasteiger partial charge >= 0.3 is 11.7 Å². The van der Waals surface area contributed by atoms with Crippen LogP contribution in [0.5, 0.6) is 0 Å². The van der Waals surface area contributed by atoms with Crippen LogP contribution in [0.2, 0.25) is 0 Å². The van der Waals surface area contributed by atoms with E-state index in [1.165, 1.54) is 17.1 Å². The van der Waals surface area contributed by atoms with Crippen molar-refractivity contribution in [3.8, 4) is 0 Å². The summed E-state index contributed by atoms with van der Waals surface area (Å²) in [5, 5.41) is 3.50. The van der Waals surface area contributed by atoms with Crippen molar-refractivity contribution in [3.05, 3.63) is 38.8 Å². The molecule has 182 valence electrons. The molecular weight excluding hydrogens is 425 g/mol. The Morgan fingerprint density at radius 3 is 2.55 bits per heavy atom. The van der Waals surface area contributed by atoms with Gasteiger partial charge in [-0.25, -0.2) is 9.18 Å². The van der Waals surface area contributed by atoms with Gasteiger partial charge in [-0.05, 0) is 58.6 Å². The van der Waals surface area contributed by atoms with E-state index >= 15 is 0 Å². The minimum atomic E-state index is -0.472. The van der Waals surface area contributed by atoms with E-state index in [2.05, 4.69) is 5.32 Å². The topological polar surface area (TPSA) is 82.3 Å². The molecule has 7 nitrogen and oxygen atoms in total. The van der Waals surface area contributed by atoms with Crippen LogP contribution in [0.15, 0.2) is 21.7 Å². The molecule has 1 N–H and O–H groups in total. The highest BCUT2D eigenvalue weighted by Crippen LogP contribution is 2.26. The molecule has 3 rings (SSSR count). The van der Waals surface area contributed by atoms with Gasteiger partial charge in [0.1, 0.15) is 5.82 Å². The van der Waals surface area contributed by atoms with Gasteiger partial charge in [0.05, 0.1) is 23.2 Å². The number of anilines is 1. The summed E-state index contributed by atoms with van der Waals surface area (Å²) in [5.41, 5.74) is -0.0545. The third-order valence-corrected chi connectivity index (χ3v) is 6.31. The fourth-order valence-electron chi connectivity index (χ4n) is 4.62. The number of nitrogens with zero attached hydrogens (tertiary/aromatic N) is 2. The number of rotatable bonds is 10. The van der Waals surface area contributed by atoms with Crippen LogP contribution in [0.4, 0.5) is 10.1 Å². The summed E-state index contributed by atoms with van der Waals surface area (Å²) >= 11 is 0. The summed E-state index contributed by atoms with van der Waals surface area (Å²) in [6.07, 6.45) is 7.63. The van der Waals surface area contributed by atoms with Gasteiger partial charge in [0.2, 0.25) is 0 Å². The van der Waals surface area contributed by atoms with Crippen LogP contribution in [0.25, 0.3) is 10.9 Å². The average molecular weight is 462 g/mol. The number of fused-ring (bicyclic) bond motifs is 1. The summed E-state index contributed by atoms with van der Waals surface area (Å²) in [6, 6.07) is 2.90. The van der Waals surface area contributed by atoms with E-state index in [-0.39, 0.29) is 35.7 Å². The van der Waals surface area contributed by atoms with Crippen LogP contribution in [-0.2, 0) is 16.1 Å². The number of carbonyl (C=O) groups is 1. The quantitative estimate of drug-likeness (QED) is 0.408. The fraction of sp³-hybridized carbons (Fsp3) is 0.640. The van der Waals surface area contributed by atoms with Gasteiger partial charge in [-0.15, -0.1) is 0 Å². The lowest BCUT2D eigenvalue weighted by atomic mass is 9.95. The molecule has 0 amide bonds. The van der Waals surface area contributed by atoms with E-state index in [1.807, 2.05) is 13.8 Å². The maximum absolute atomic E-state index is 15.0. The Hall–Kier alpha value is -2.64. The first kappa shape index (κ1) is 25.0. The summed E-state index contributed by atoms with van der Waals surface area (Å²) in [7, 11) is 0. The predicted octanol–water partition coefficient (Wildman–Crippen LogP) is 4.75. The molecule has 0 aliphatic heterocycles. The highest BCUT2D eigenvalue weighted by molar-refractivity contribution is 5.82. The zero-order valence-electron chi connectivity index (χ0n) is 20.0. The molecule has 0 saturated heterocycles. The van der Waals surface area contributed by atoms with E-state index in [4.69, 9.17) is 4.74 Å². The average Bonchev–Trinajstić information content (AvgIpc) is 2.77. The number of unbranched alkanes of at least 4 members (excludes halogenated alkanes) is 2. The third kappa shape index (κ3) is 6.03. The van der Waals surface area contributed by atoms with Gasteiger partial charge < -0.3 is 10.1 Å². The Bertz CT molecular complexity index is 1080. The van der Waals surface area contributed by atoms with E-state index in [0.29, 0.717) is 43.5 Å². The molecule has 0 bridgehead atoms. The number of carbonyl (C=O) groups excluding carboxylic acids is 1. The number of hydrogen-bond donors (Lipinski definition) is 1. The fourth-order valence-corrected chi connectivity index (χ4v) is 4.62. The molecule has 2 aromatic rings. The maximum atomic E-state index is 15.0. The normalized spacial score (nSPS) is 14.7. The summed E-state index contributed by atoms with van der Waals surface area (Å²) in [5.74, 6) is -0.712. The van der Waals surface area contributed by atoms with Crippen LogP contribution in [0, 0.1) is 5.82 Å². The standard InChI is InChI=1S/C25H36FN3O4/c1-4-33-23(30)13-9-6-10-14-28-24(31)19-15-20(26)21(27-18-11-7-5-8-12-18)16-22(19)29(17(2)3)25(28)32/h15-18,27H,4-14H2,1-3H3. The first-order chi connectivity index (χ1) is 15.8. The molecule has 0 radical (unpaired) electrons.